The largest absolute Gasteiger partial charge is 0.370 e. The second-order valence-corrected chi connectivity index (χ2v) is 6.74. The molecule has 116 valence electrons. The Morgan fingerprint density at radius 3 is 2.32 bits per heavy atom. The monoisotopic (exact) mass is 406 g/mol. The van der Waals surface area contributed by atoms with Crippen LogP contribution in [0.1, 0.15) is 40.0 Å². The molecule has 0 aliphatic heterocycles. The normalized spacial score (nSPS) is 14.1. The summed E-state index contributed by atoms with van der Waals surface area (Å²) in [7, 11) is -3.46. The number of rotatable bonds is 8. The SMILES string of the molecule is CC(C)CCCC(C)NC(N)=NCCS(N)(=O)=O.I. The summed E-state index contributed by atoms with van der Waals surface area (Å²) in [4.78, 5) is 3.92. The predicted octanol–water partition coefficient (Wildman–Crippen LogP) is 1.01. The van der Waals surface area contributed by atoms with E-state index in [1.165, 1.54) is 6.42 Å². The minimum Gasteiger partial charge on any atom is -0.370 e. The fourth-order valence-corrected chi connectivity index (χ4v) is 1.84. The van der Waals surface area contributed by atoms with Crippen molar-refractivity contribution in [3.05, 3.63) is 0 Å². The highest BCUT2D eigenvalue weighted by Gasteiger charge is 2.05. The van der Waals surface area contributed by atoms with Gasteiger partial charge in [0.25, 0.3) is 0 Å². The lowest BCUT2D eigenvalue weighted by atomic mass is 10.0. The van der Waals surface area contributed by atoms with Crippen LogP contribution in [0.4, 0.5) is 0 Å². The lowest BCUT2D eigenvalue weighted by molar-refractivity contribution is 0.493. The van der Waals surface area contributed by atoms with E-state index in [4.69, 9.17) is 10.9 Å². The smallest absolute Gasteiger partial charge is 0.210 e. The van der Waals surface area contributed by atoms with Crippen molar-refractivity contribution < 1.29 is 8.42 Å². The van der Waals surface area contributed by atoms with Crippen LogP contribution in [-0.2, 0) is 10.0 Å². The van der Waals surface area contributed by atoms with Crippen molar-refractivity contribution in [1.82, 2.24) is 5.32 Å². The summed E-state index contributed by atoms with van der Waals surface area (Å²) in [5, 5.41) is 7.89. The Morgan fingerprint density at radius 1 is 1.26 bits per heavy atom. The molecule has 0 radical (unpaired) electrons. The molecular weight excluding hydrogens is 379 g/mol. The number of hydrogen-bond acceptors (Lipinski definition) is 3. The van der Waals surface area contributed by atoms with Crippen LogP contribution in [0.5, 0.6) is 0 Å². The standard InChI is InChI=1S/C11H26N4O2S.HI/c1-9(2)5-4-6-10(3)15-11(12)14-7-8-18(13,16)17;/h9-10H,4-8H2,1-3H3,(H3,12,14,15)(H2,13,16,17);1H. The molecule has 0 saturated carbocycles. The van der Waals surface area contributed by atoms with Gasteiger partial charge in [0, 0.05) is 6.04 Å². The highest BCUT2D eigenvalue weighted by atomic mass is 127. The van der Waals surface area contributed by atoms with Crippen LogP contribution < -0.4 is 16.2 Å². The molecule has 19 heavy (non-hydrogen) atoms. The Hall–Kier alpha value is -0.0900. The van der Waals surface area contributed by atoms with Gasteiger partial charge in [0.05, 0.1) is 12.3 Å². The molecule has 0 aromatic heterocycles. The average Bonchev–Trinajstić information content (AvgIpc) is 2.14. The number of aliphatic imine (C=N–C) groups is 1. The summed E-state index contributed by atoms with van der Waals surface area (Å²) < 4.78 is 21.4. The molecule has 0 aliphatic rings. The number of sulfonamides is 1. The Bertz CT molecular complexity index is 358. The molecule has 0 aromatic rings. The molecule has 6 nitrogen and oxygen atoms in total. The fourth-order valence-electron chi connectivity index (χ4n) is 1.50. The summed E-state index contributed by atoms with van der Waals surface area (Å²) in [6, 6.07) is 0.238. The predicted molar refractivity (Wildman–Crippen MR) is 91.2 cm³/mol. The molecule has 1 atom stereocenters. The van der Waals surface area contributed by atoms with Gasteiger partial charge in [-0.1, -0.05) is 26.7 Å². The second-order valence-electron chi connectivity index (χ2n) is 5.00. The van der Waals surface area contributed by atoms with Gasteiger partial charge in [0.15, 0.2) is 5.96 Å². The maximum Gasteiger partial charge on any atom is 0.210 e. The number of nitrogens with two attached hydrogens (primary N) is 2. The van der Waals surface area contributed by atoms with Crippen LogP contribution in [-0.4, -0.2) is 32.7 Å². The van der Waals surface area contributed by atoms with Crippen LogP contribution in [0.25, 0.3) is 0 Å². The van der Waals surface area contributed by atoms with E-state index in [9.17, 15) is 8.42 Å². The molecule has 5 N–H and O–H groups in total. The molecule has 0 spiro atoms. The summed E-state index contributed by atoms with van der Waals surface area (Å²) in [6.45, 7) is 6.51. The van der Waals surface area contributed by atoms with Crippen molar-refractivity contribution in [1.29, 1.82) is 0 Å². The highest BCUT2D eigenvalue weighted by Crippen LogP contribution is 2.07. The first-order chi connectivity index (χ1) is 8.20. The van der Waals surface area contributed by atoms with Gasteiger partial charge in [0.1, 0.15) is 0 Å². The Balaban J connectivity index is 0. The number of nitrogens with zero attached hydrogens (tertiary/aromatic N) is 1. The van der Waals surface area contributed by atoms with Gasteiger partial charge in [-0.15, -0.1) is 24.0 Å². The molecule has 0 bridgehead atoms. The lowest BCUT2D eigenvalue weighted by Gasteiger charge is -2.14. The van der Waals surface area contributed by atoms with E-state index >= 15 is 0 Å². The molecule has 0 amide bonds. The van der Waals surface area contributed by atoms with Gasteiger partial charge in [0.2, 0.25) is 10.0 Å². The first-order valence-electron chi connectivity index (χ1n) is 6.27. The maximum atomic E-state index is 10.7. The number of guanidine groups is 1. The van der Waals surface area contributed by atoms with Crippen molar-refractivity contribution >= 4 is 40.0 Å². The number of nitrogens with one attached hydrogen (secondary N) is 1. The number of hydrogen-bond donors (Lipinski definition) is 3. The highest BCUT2D eigenvalue weighted by molar-refractivity contribution is 14.0. The third-order valence-corrected chi connectivity index (χ3v) is 3.22. The van der Waals surface area contributed by atoms with E-state index in [-0.39, 0.29) is 48.3 Å². The first kappa shape index (κ1) is 21.2. The van der Waals surface area contributed by atoms with Crippen LogP contribution in [0, 0.1) is 5.92 Å². The number of primary sulfonamides is 1. The van der Waals surface area contributed by atoms with Gasteiger partial charge in [-0.3, -0.25) is 4.99 Å². The summed E-state index contributed by atoms with van der Waals surface area (Å²) in [6.07, 6.45) is 3.34. The van der Waals surface area contributed by atoms with E-state index < -0.39 is 10.0 Å². The van der Waals surface area contributed by atoms with Crippen LogP contribution in [0.2, 0.25) is 0 Å². The molecular formula is C11H27IN4O2S. The molecule has 0 aliphatic carbocycles. The maximum absolute atomic E-state index is 10.7. The Labute approximate surface area is 133 Å². The van der Waals surface area contributed by atoms with Crippen LogP contribution in [0.3, 0.4) is 0 Å². The molecule has 0 saturated heterocycles. The summed E-state index contributed by atoms with van der Waals surface area (Å²) >= 11 is 0. The third kappa shape index (κ3) is 15.9. The summed E-state index contributed by atoms with van der Waals surface area (Å²) in [5.74, 6) is 0.797. The minimum absolute atomic E-state index is 0. The fraction of sp³-hybridized carbons (Fsp3) is 0.909. The third-order valence-electron chi connectivity index (χ3n) is 2.47. The van der Waals surface area contributed by atoms with Crippen molar-refractivity contribution in [3.63, 3.8) is 0 Å². The van der Waals surface area contributed by atoms with Gasteiger partial charge in [-0.2, -0.15) is 0 Å². The zero-order chi connectivity index (χ0) is 14.2. The van der Waals surface area contributed by atoms with Gasteiger partial charge < -0.3 is 11.1 Å². The molecule has 0 heterocycles. The molecule has 0 rings (SSSR count). The zero-order valence-corrected chi connectivity index (χ0v) is 15.1. The molecule has 0 fully saturated rings. The minimum atomic E-state index is -3.46. The van der Waals surface area contributed by atoms with E-state index in [0.717, 1.165) is 12.8 Å². The van der Waals surface area contributed by atoms with Gasteiger partial charge in [-0.25, -0.2) is 13.6 Å². The quantitative estimate of drug-likeness (QED) is 0.317. The second kappa shape index (κ2) is 10.7. The lowest BCUT2D eigenvalue weighted by Crippen LogP contribution is -2.38. The van der Waals surface area contributed by atoms with Crippen LogP contribution in [0.15, 0.2) is 4.99 Å². The van der Waals surface area contributed by atoms with Gasteiger partial charge >= 0.3 is 0 Å². The summed E-state index contributed by atoms with van der Waals surface area (Å²) in [5.41, 5.74) is 5.64. The Kier molecular flexibility index (Phi) is 11.9. The number of halogens is 1. The van der Waals surface area contributed by atoms with E-state index in [1.807, 2.05) is 6.92 Å². The van der Waals surface area contributed by atoms with E-state index in [1.54, 1.807) is 0 Å². The van der Waals surface area contributed by atoms with Crippen molar-refractivity contribution in [3.8, 4) is 0 Å². The zero-order valence-electron chi connectivity index (χ0n) is 11.9. The average molecular weight is 406 g/mol. The van der Waals surface area contributed by atoms with Crippen molar-refractivity contribution in [2.75, 3.05) is 12.3 Å². The Morgan fingerprint density at radius 2 is 1.84 bits per heavy atom. The van der Waals surface area contributed by atoms with Crippen molar-refractivity contribution in [2.24, 2.45) is 21.8 Å². The van der Waals surface area contributed by atoms with Crippen LogP contribution >= 0.6 is 24.0 Å². The molecule has 1 unspecified atom stereocenters. The van der Waals surface area contributed by atoms with Gasteiger partial charge in [-0.05, 0) is 19.3 Å². The molecule has 0 aromatic carbocycles. The van der Waals surface area contributed by atoms with E-state index in [0.29, 0.717) is 5.92 Å². The first-order valence-corrected chi connectivity index (χ1v) is 7.99. The van der Waals surface area contributed by atoms with E-state index in [2.05, 4.69) is 24.2 Å². The topological polar surface area (TPSA) is 111 Å². The molecule has 8 heteroatoms. The van der Waals surface area contributed by atoms with Crippen molar-refractivity contribution in [2.45, 2.75) is 46.1 Å².